The van der Waals surface area contributed by atoms with Gasteiger partial charge in [-0.15, -0.1) is 0 Å². The molecule has 0 saturated heterocycles. The van der Waals surface area contributed by atoms with Crippen LogP contribution in [0.2, 0.25) is 0 Å². The highest BCUT2D eigenvalue weighted by Crippen LogP contribution is 2.38. The molecule has 0 atom stereocenters. The summed E-state index contributed by atoms with van der Waals surface area (Å²) >= 11 is 0. The Kier molecular flexibility index (Phi) is 4.39. The molecule has 0 bridgehead atoms. The van der Waals surface area contributed by atoms with Crippen LogP contribution in [0.1, 0.15) is 41.6 Å². The van der Waals surface area contributed by atoms with Crippen LogP contribution in [0.15, 0.2) is 28.8 Å². The average molecular weight is 325 g/mol. The van der Waals surface area contributed by atoms with Crippen LogP contribution in [-0.2, 0) is 19.1 Å². The van der Waals surface area contributed by atoms with Crippen molar-refractivity contribution in [3.8, 4) is 0 Å². The predicted molar refractivity (Wildman–Crippen MR) is 77.8 cm³/mol. The maximum Gasteiger partial charge on any atom is 0.416 e. The Morgan fingerprint density at radius 2 is 2.00 bits per heavy atom. The molecule has 0 N–H and O–H groups in total. The van der Waals surface area contributed by atoms with Crippen LogP contribution in [-0.4, -0.2) is 28.6 Å². The van der Waals surface area contributed by atoms with Crippen LogP contribution in [0.3, 0.4) is 0 Å². The Morgan fingerprint density at radius 3 is 2.70 bits per heavy atom. The first-order valence-electron chi connectivity index (χ1n) is 7.59. The summed E-state index contributed by atoms with van der Waals surface area (Å²) < 4.78 is 44.1. The van der Waals surface area contributed by atoms with Gasteiger partial charge in [0.1, 0.15) is 0 Å². The van der Waals surface area contributed by atoms with Crippen molar-refractivity contribution in [2.24, 2.45) is 0 Å². The van der Waals surface area contributed by atoms with Gasteiger partial charge in [-0.1, -0.05) is 23.4 Å². The summed E-state index contributed by atoms with van der Waals surface area (Å²) in [6.07, 6.45) is -1.59. The third-order valence-corrected chi connectivity index (χ3v) is 3.89. The molecule has 0 aliphatic heterocycles. The zero-order valence-electron chi connectivity index (χ0n) is 12.8. The van der Waals surface area contributed by atoms with Crippen LogP contribution in [0.4, 0.5) is 13.2 Å². The largest absolute Gasteiger partial charge is 0.416 e. The molecule has 1 saturated carbocycles. The highest BCUT2D eigenvalue weighted by molar-refractivity contribution is 5.29. The molecule has 0 radical (unpaired) electrons. The highest BCUT2D eigenvalue weighted by Gasteiger charge is 2.33. The van der Waals surface area contributed by atoms with E-state index in [9.17, 15) is 13.2 Å². The van der Waals surface area contributed by atoms with E-state index >= 15 is 0 Å². The molecule has 1 aliphatic rings. The molecule has 0 spiro atoms. The second kappa shape index (κ2) is 6.31. The highest BCUT2D eigenvalue weighted by atomic mass is 19.4. The van der Waals surface area contributed by atoms with Crippen LogP contribution in [0.5, 0.6) is 0 Å². The Morgan fingerprint density at radius 1 is 1.26 bits per heavy atom. The smallest absolute Gasteiger partial charge is 0.339 e. The zero-order valence-corrected chi connectivity index (χ0v) is 12.8. The van der Waals surface area contributed by atoms with Crippen molar-refractivity contribution in [1.82, 2.24) is 15.0 Å². The van der Waals surface area contributed by atoms with Crippen molar-refractivity contribution in [2.75, 3.05) is 13.6 Å². The maximum absolute atomic E-state index is 13.0. The SMILES string of the molecule is CN(CCc1noc(C2CC2)n1)Cc1ccccc1C(F)(F)F. The van der Waals surface area contributed by atoms with E-state index in [2.05, 4.69) is 10.1 Å². The van der Waals surface area contributed by atoms with Gasteiger partial charge in [0.2, 0.25) is 5.89 Å². The number of nitrogens with zero attached hydrogens (tertiary/aromatic N) is 3. The van der Waals surface area contributed by atoms with Gasteiger partial charge >= 0.3 is 6.18 Å². The molecule has 1 heterocycles. The van der Waals surface area contributed by atoms with Crippen molar-refractivity contribution in [3.05, 3.63) is 47.1 Å². The van der Waals surface area contributed by atoms with Crippen LogP contribution >= 0.6 is 0 Å². The van der Waals surface area contributed by atoms with E-state index in [1.165, 1.54) is 12.1 Å². The van der Waals surface area contributed by atoms with E-state index < -0.39 is 11.7 Å². The number of alkyl halides is 3. The number of likely N-dealkylation sites (N-methyl/N-ethyl adjacent to an activating group) is 1. The number of benzene rings is 1. The van der Waals surface area contributed by atoms with Gasteiger partial charge in [0, 0.05) is 25.4 Å². The van der Waals surface area contributed by atoms with Crippen molar-refractivity contribution in [1.29, 1.82) is 0 Å². The molecular weight excluding hydrogens is 307 g/mol. The van der Waals surface area contributed by atoms with Crippen molar-refractivity contribution in [2.45, 2.75) is 37.9 Å². The lowest BCUT2D eigenvalue weighted by Gasteiger charge is -2.19. The summed E-state index contributed by atoms with van der Waals surface area (Å²) in [6, 6.07) is 5.66. The van der Waals surface area contributed by atoms with Crippen LogP contribution < -0.4 is 0 Å². The fraction of sp³-hybridized carbons (Fsp3) is 0.500. The fourth-order valence-electron chi connectivity index (χ4n) is 2.46. The molecule has 3 rings (SSSR count). The van der Waals surface area contributed by atoms with Gasteiger partial charge in [-0.2, -0.15) is 18.2 Å². The van der Waals surface area contributed by atoms with Gasteiger partial charge in [-0.3, -0.25) is 0 Å². The molecular formula is C16H18F3N3O. The molecule has 4 nitrogen and oxygen atoms in total. The lowest BCUT2D eigenvalue weighted by Crippen LogP contribution is -2.23. The van der Waals surface area contributed by atoms with Gasteiger partial charge in [0.05, 0.1) is 5.56 Å². The molecule has 1 fully saturated rings. The number of aromatic nitrogens is 2. The summed E-state index contributed by atoms with van der Waals surface area (Å²) in [6.45, 7) is 0.791. The van der Waals surface area contributed by atoms with Gasteiger partial charge < -0.3 is 9.42 Å². The second-order valence-electron chi connectivity index (χ2n) is 5.97. The monoisotopic (exact) mass is 325 g/mol. The number of halogens is 3. The van der Waals surface area contributed by atoms with Gasteiger partial charge in [0.25, 0.3) is 0 Å². The Labute approximate surface area is 132 Å². The predicted octanol–water partition coefficient (Wildman–Crippen LogP) is 3.64. The summed E-state index contributed by atoms with van der Waals surface area (Å²) in [4.78, 5) is 6.15. The van der Waals surface area contributed by atoms with Gasteiger partial charge in [0.15, 0.2) is 5.82 Å². The maximum atomic E-state index is 13.0. The quantitative estimate of drug-likeness (QED) is 0.813. The van der Waals surface area contributed by atoms with E-state index in [4.69, 9.17) is 4.52 Å². The normalized spacial score (nSPS) is 15.3. The summed E-state index contributed by atoms with van der Waals surface area (Å²) in [5.74, 6) is 1.71. The van der Waals surface area contributed by atoms with Gasteiger partial charge in [-0.05, 0) is 31.5 Å². The molecule has 124 valence electrons. The van der Waals surface area contributed by atoms with Crippen LogP contribution in [0.25, 0.3) is 0 Å². The molecule has 23 heavy (non-hydrogen) atoms. The second-order valence-corrected chi connectivity index (χ2v) is 5.97. The number of hydrogen-bond acceptors (Lipinski definition) is 4. The minimum Gasteiger partial charge on any atom is -0.339 e. The number of hydrogen-bond donors (Lipinski definition) is 0. The third kappa shape index (κ3) is 4.10. The Hall–Kier alpha value is -1.89. The van der Waals surface area contributed by atoms with Crippen molar-refractivity contribution in [3.63, 3.8) is 0 Å². The third-order valence-electron chi connectivity index (χ3n) is 3.89. The first-order valence-corrected chi connectivity index (χ1v) is 7.59. The lowest BCUT2D eigenvalue weighted by atomic mass is 10.1. The van der Waals surface area contributed by atoms with E-state index in [1.54, 1.807) is 13.1 Å². The Balaban J connectivity index is 1.57. The molecule has 1 aromatic heterocycles. The fourth-order valence-corrected chi connectivity index (χ4v) is 2.46. The Bertz CT molecular complexity index is 665. The van der Waals surface area contributed by atoms with Gasteiger partial charge in [-0.25, -0.2) is 0 Å². The van der Waals surface area contributed by atoms with Crippen molar-refractivity contribution < 1.29 is 17.7 Å². The molecule has 1 aromatic carbocycles. The van der Waals surface area contributed by atoms with E-state index in [1.807, 2.05) is 4.90 Å². The molecule has 0 unspecified atom stereocenters. The summed E-state index contributed by atoms with van der Waals surface area (Å²) in [5, 5.41) is 3.92. The van der Waals surface area contributed by atoms with E-state index in [0.717, 1.165) is 18.9 Å². The minimum absolute atomic E-state index is 0.225. The first kappa shape index (κ1) is 16.0. The molecule has 7 heteroatoms. The summed E-state index contributed by atoms with van der Waals surface area (Å²) in [7, 11) is 1.79. The lowest BCUT2D eigenvalue weighted by molar-refractivity contribution is -0.138. The van der Waals surface area contributed by atoms with Crippen molar-refractivity contribution >= 4 is 0 Å². The minimum atomic E-state index is -4.33. The van der Waals surface area contributed by atoms with E-state index in [0.29, 0.717) is 30.6 Å². The standard InChI is InChI=1S/C16H18F3N3O/c1-22(9-8-14-20-15(23-21-14)11-6-7-11)10-12-4-2-3-5-13(12)16(17,18)19/h2-5,11H,6-10H2,1H3. The number of rotatable bonds is 6. The van der Waals surface area contributed by atoms with Crippen LogP contribution in [0, 0.1) is 0 Å². The average Bonchev–Trinajstić information content (AvgIpc) is 3.24. The molecule has 0 amide bonds. The van der Waals surface area contributed by atoms with E-state index in [-0.39, 0.29) is 12.1 Å². The topological polar surface area (TPSA) is 42.2 Å². The summed E-state index contributed by atoms with van der Waals surface area (Å²) in [5.41, 5.74) is -0.309. The zero-order chi connectivity index (χ0) is 16.4. The first-order chi connectivity index (χ1) is 10.9. The molecule has 2 aromatic rings. The molecule has 1 aliphatic carbocycles.